The Bertz CT molecular complexity index is 736. The van der Waals surface area contributed by atoms with Gasteiger partial charge in [0.05, 0.1) is 16.9 Å². The van der Waals surface area contributed by atoms with Crippen LogP contribution < -0.4 is 5.32 Å². The summed E-state index contributed by atoms with van der Waals surface area (Å²) in [6.45, 7) is 1.88. The SMILES string of the molecule is Cc1csc(NC(=O)c2ccccc2-n2cnnn2)n1. The highest BCUT2D eigenvalue weighted by molar-refractivity contribution is 7.13. The minimum atomic E-state index is -0.245. The van der Waals surface area contributed by atoms with Crippen molar-refractivity contribution in [1.29, 1.82) is 0 Å². The molecule has 0 aliphatic carbocycles. The molecule has 0 saturated carbocycles. The summed E-state index contributed by atoms with van der Waals surface area (Å²) >= 11 is 1.39. The number of aryl methyl sites for hydroxylation is 1. The smallest absolute Gasteiger partial charge is 0.259 e. The molecule has 3 rings (SSSR count). The minimum absolute atomic E-state index is 0.245. The first-order valence-corrected chi connectivity index (χ1v) is 6.68. The zero-order chi connectivity index (χ0) is 13.9. The van der Waals surface area contributed by atoms with Crippen LogP contribution in [0, 0.1) is 6.92 Å². The molecule has 0 unspecified atom stereocenters. The van der Waals surface area contributed by atoms with Gasteiger partial charge in [0.25, 0.3) is 5.91 Å². The van der Waals surface area contributed by atoms with Gasteiger partial charge in [-0.2, -0.15) is 4.68 Å². The average molecular weight is 286 g/mol. The van der Waals surface area contributed by atoms with Gasteiger partial charge in [-0.15, -0.1) is 16.4 Å². The van der Waals surface area contributed by atoms with Crippen molar-refractivity contribution in [3.63, 3.8) is 0 Å². The van der Waals surface area contributed by atoms with E-state index in [1.54, 1.807) is 18.2 Å². The molecule has 1 N–H and O–H groups in total. The summed E-state index contributed by atoms with van der Waals surface area (Å²) in [5, 5.41) is 16.2. The van der Waals surface area contributed by atoms with E-state index in [1.165, 1.54) is 22.3 Å². The zero-order valence-electron chi connectivity index (χ0n) is 10.5. The number of aromatic nitrogens is 5. The highest BCUT2D eigenvalue weighted by atomic mass is 32.1. The number of hydrogen-bond acceptors (Lipinski definition) is 6. The van der Waals surface area contributed by atoms with Gasteiger partial charge in [0.2, 0.25) is 0 Å². The molecular weight excluding hydrogens is 276 g/mol. The van der Waals surface area contributed by atoms with E-state index in [-0.39, 0.29) is 5.91 Å². The molecule has 0 spiro atoms. The Labute approximate surface area is 118 Å². The summed E-state index contributed by atoms with van der Waals surface area (Å²) in [6.07, 6.45) is 1.44. The molecule has 1 amide bonds. The quantitative estimate of drug-likeness (QED) is 0.791. The number of hydrogen-bond donors (Lipinski definition) is 1. The summed E-state index contributed by atoms with van der Waals surface area (Å²) < 4.78 is 1.45. The van der Waals surface area contributed by atoms with Crippen LogP contribution in [0.3, 0.4) is 0 Å². The second kappa shape index (κ2) is 5.17. The fraction of sp³-hybridized carbons (Fsp3) is 0.0833. The predicted molar refractivity (Wildman–Crippen MR) is 74.0 cm³/mol. The maximum atomic E-state index is 12.3. The molecule has 20 heavy (non-hydrogen) atoms. The monoisotopic (exact) mass is 286 g/mol. The number of amides is 1. The number of benzene rings is 1. The molecule has 2 aromatic heterocycles. The number of carbonyl (C=O) groups is 1. The molecule has 0 saturated heterocycles. The fourth-order valence-corrected chi connectivity index (χ4v) is 2.40. The molecule has 0 aliphatic rings. The summed E-state index contributed by atoms with van der Waals surface area (Å²) in [4.78, 5) is 16.5. The lowest BCUT2D eigenvalue weighted by atomic mass is 10.1. The van der Waals surface area contributed by atoms with Gasteiger partial charge in [-0.25, -0.2) is 4.98 Å². The van der Waals surface area contributed by atoms with Gasteiger partial charge in [-0.05, 0) is 29.5 Å². The number of rotatable bonds is 3. The number of tetrazole rings is 1. The number of para-hydroxylation sites is 1. The molecule has 0 fully saturated rings. The topological polar surface area (TPSA) is 85.6 Å². The molecular formula is C12H10N6OS. The first-order valence-electron chi connectivity index (χ1n) is 5.80. The van der Waals surface area contributed by atoms with Crippen LogP contribution in [-0.2, 0) is 0 Å². The minimum Gasteiger partial charge on any atom is -0.298 e. The third-order valence-corrected chi connectivity index (χ3v) is 3.46. The van der Waals surface area contributed by atoms with Gasteiger partial charge >= 0.3 is 0 Å². The number of carbonyl (C=O) groups excluding carboxylic acids is 1. The maximum absolute atomic E-state index is 12.3. The summed E-state index contributed by atoms with van der Waals surface area (Å²) in [5.41, 5.74) is 1.97. The van der Waals surface area contributed by atoms with Crippen molar-refractivity contribution in [3.8, 4) is 5.69 Å². The van der Waals surface area contributed by atoms with Crippen LogP contribution >= 0.6 is 11.3 Å². The van der Waals surface area contributed by atoms with Crippen molar-refractivity contribution in [2.45, 2.75) is 6.92 Å². The third kappa shape index (κ3) is 2.41. The summed E-state index contributed by atoms with van der Waals surface area (Å²) in [7, 11) is 0. The van der Waals surface area contributed by atoms with Gasteiger partial charge in [0, 0.05) is 5.38 Å². The van der Waals surface area contributed by atoms with Crippen LogP contribution in [0.1, 0.15) is 16.1 Å². The molecule has 3 aromatic rings. The van der Waals surface area contributed by atoms with E-state index in [2.05, 4.69) is 25.8 Å². The highest BCUT2D eigenvalue weighted by Gasteiger charge is 2.14. The molecule has 1 aromatic carbocycles. The zero-order valence-corrected chi connectivity index (χ0v) is 11.3. The van der Waals surface area contributed by atoms with E-state index in [1.807, 2.05) is 18.4 Å². The molecule has 7 nitrogen and oxygen atoms in total. The largest absolute Gasteiger partial charge is 0.298 e. The summed E-state index contributed by atoms with van der Waals surface area (Å²) in [5.74, 6) is -0.245. The van der Waals surface area contributed by atoms with Gasteiger partial charge in [0.1, 0.15) is 6.33 Å². The lowest BCUT2D eigenvalue weighted by Gasteiger charge is -2.07. The normalized spacial score (nSPS) is 10.4. The van der Waals surface area contributed by atoms with Crippen molar-refractivity contribution in [1.82, 2.24) is 25.2 Å². The van der Waals surface area contributed by atoms with Crippen LogP contribution in [0.25, 0.3) is 5.69 Å². The van der Waals surface area contributed by atoms with Crippen LogP contribution in [-0.4, -0.2) is 31.1 Å². The molecule has 0 bridgehead atoms. The van der Waals surface area contributed by atoms with Crippen molar-refractivity contribution in [2.24, 2.45) is 0 Å². The van der Waals surface area contributed by atoms with Gasteiger partial charge in [-0.3, -0.25) is 10.1 Å². The molecule has 0 aliphatic heterocycles. The van der Waals surface area contributed by atoms with Gasteiger partial charge in [0.15, 0.2) is 5.13 Å². The Balaban J connectivity index is 1.92. The standard InChI is InChI=1S/C12H10N6OS/c1-8-6-20-12(14-8)15-11(19)9-4-2-3-5-10(9)18-7-13-16-17-18/h2-7H,1H3,(H,14,15,19). The van der Waals surface area contributed by atoms with Gasteiger partial charge < -0.3 is 0 Å². The number of anilines is 1. The number of thiazole rings is 1. The highest BCUT2D eigenvalue weighted by Crippen LogP contribution is 2.18. The van der Waals surface area contributed by atoms with Crippen LogP contribution in [0.4, 0.5) is 5.13 Å². The van der Waals surface area contributed by atoms with E-state index < -0.39 is 0 Å². The second-order valence-electron chi connectivity index (χ2n) is 4.02. The van der Waals surface area contributed by atoms with Gasteiger partial charge in [-0.1, -0.05) is 12.1 Å². The van der Waals surface area contributed by atoms with Crippen LogP contribution in [0.5, 0.6) is 0 Å². The van der Waals surface area contributed by atoms with Crippen LogP contribution in [0.2, 0.25) is 0 Å². The van der Waals surface area contributed by atoms with E-state index in [9.17, 15) is 4.79 Å². The lowest BCUT2D eigenvalue weighted by molar-refractivity contribution is 0.102. The molecule has 0 atom stereocenters. The Kier molecular flexibility index (Phi) is 3.21. The average Bonchev–Trinajstić information content (AvgIpc) is 3.10. The fourth-order valence-electron chi connectivity index (χ4n) is 1.71. The first-order chi connectivity index (χ1) is 9.74. The molecule has 100 valence electrons. The Morgan fingerprint density at radius 2 is 2.20 bits per heavy atom. The first kappa shape index (κ1) is 12.4. The second-order valence-corrected chi connectivity index (χ2v) is 4.88. The van der Waals surface area contributed by atoms with Crippen molar-refractivity contribution in [3.05, 3.63) is 47.2 Å². The van der Waals surface area contributed by atoms with Crippen molar-refractivity contribution >= 4 is 22.4 Å². The number of nitrogens with zero attached hydrogens (tertiary/aromatic N) is 5. The van der Waals surface area contributed by atoms with E-state index in [0.29, 0.717) is 16.4 Å². The molecule has 0 radical (unpaired) electrons. The van der Waals surface area contributed by atoms with Crippen LogP contribution in [0.15, 0.2) is 36.0 Å². The Hall–Kier alpha value is -2.61. The Morgan fingerprint density at radius 3 is 2.90 bits per heavy atom. The number of nitrogens with one attached hydrogen (secondary N) is 1. The van der Waals surface area contributed by atoms with Crippen molar-refractivity contribution in [2.75, 3.05) is 5.32 Å². The van der Waals surface area contributed by atoms with E-state index >= 15 is 0 Å². The Morgan fingerprint density at radius 1 is 1.35 bits per heavy atom. The van der Waals surface area contributed by atoms with E-state index in [0.717, 1.165) is 5.69 Å². The lowest BCUT2D eigenvalue weighted by Crippen LogP contribution is -2.15. The predicted octanol–water partition coefficient (Wildman–Crippen LogP) is 1.68. The summed E-state index contributed by atoms with van der Waals surface area (Å²) in [6, 6.07) is 7.10. The maximum Gasteiger partial charge on any atom is 0.259 e. The third-order valence-electron chi connectivity index (χ3n) is 2.58. The van der Waals surface area contributed by atoms with Crippen molar-refractivity contribution < 1.29 is 4.79 Å². The molecule has 8 heteroatoms. The van der Waals surface area contributed by atoms with E-state index in [4.69, 9.17) is 0 Å². The molecule has 2 heterocycles.